The molecule has 1 N–H and O–H groups in total. The van der Waals surface area contributed by atoms with Gasteiger partial charge < -0.3 is 5.11 Å². The predicted octanol–water partition coefficient (Wildman–Crippen LogP) is 2.86. The number of halogens is 1. The second-order valence-electron chi connectivity index (χ2n) is 4.66. The van der Waals surface area contributed by atoms with E-state index in [9.17, 15) is 4.79 Å². The number of nitrogens with zero attached hydrogens (tertiary/aromatic N) is 1. The maximum absolute atomic E-state index is 10.8. The molecule has 1 unspecified atom stereocenters. The van der Waals surface area contributed by atoms with Gasteiger partial charge in [0.15, 0.2) is 0 Å². The van der Waals surface area contributed by atoms with Gasteiger partial charge in [-0.2, -0.15) is 12.6 Å². The largest absolute Gasteiger partial charge is 0.478 e. The number of aliphatic carboxylic acids is 1. The summed E-state index contributed by atoms with van der Waals surface area (Å²) in [6.07, 6.45) is 2.13. The normalized spacial score (nSPS) is 22.6. The number of carboxylic acid groups (broad SMARTS) is 1. The van der Waals surface area contributed by atoms with E-state index >= 15 is 0 Å². The molecule has 3 nitrogen and oxygen atoms in total. The zero-order chi connectivity index (χ0) is 13.8. The summed E-state index contributed by atoms with van der Waals surface area (Å²) >= 11 is 10.6. The molecule has 0 saturated carbocycles. The van der Waals surface area contributed by atoms with E-state index in [1.54, 1.807) is 0 Å². The Balaban J connectivity index is 2.07. The minimum atomic E-state index is -0.909. The quantitative estimate of drug-likeness (QED) is 0.666. The van der Waals surface area contributed by atoms with Crippen LogP contribution in [0.15, 0.2) is 35.9 Å². The molecule has 0 bridgehead atoms. The average molecular weight is 298 g/mol. The highest BCUT2D eigenvalue weighted by Gasteiger charge is 2.22. The Kier molecular flexibility index (Phi) is 4.91. The smallest absolute Gasteiger partial charge is 0.328 e. The van der Waals surface area contributed by atoms with Crippen LogP contribution in [0.4, 0.5) is 0 Å². The van der Waals surface area contributed by atoms with Crippen LogP contribution in [0.1, 0.15) is 12.0 Å². The molecule has 1 aliphatic heterocycles. The van der Waals surface area contributed by atoms with Crippen molar-refractivity contribution in [1.29, 1.82) is 0 Å². The second-order valence-corrected chi connectivity index (χ2v) is 5.69. The molecule has 1 aromatic carbocycles. The fourth-order valence-corrected chi connectivity index (χ4v) is 2.70. The summed E-state index contributed by atoms with van der Waals surface area (Å²) in [6.45, 7) is 2.26. The van der Waals surface area contributed by atoms with E-state index in [1.807, 2.05) is 24.3 Å². The maximum Gasteiger partial charge on any atom is 0.328 e. The van der Waals surface area contributed by atoms with E-state index in [-0.39, 0.29) is 5.25 Å². The third-order valence-electron chi connectivity index (χ3n) is 3.21. The Bertz CT molecular complexity index is 504. The first kappa shape index (κ1) is 14.4. The molecule has 102 valence electrons. The number of thiol groups is 1. The molecule has 1 saturated heterocycles. The highest BCUT2D eigenvalue weighted by Crippen LogP contribution is 2.24. The summed E-state index contributed by atoms with van der Waals surface area (Å²) in [7, 11) is 0. The monoisotopic (exact) mass is 297 g/mol. The first-order valence-electron chi connectivity index (χ1n) is 6.13. The van der Waals surface area contributed by atoms with E-state index in [0.717, 1.165) is 35.7 Å². The van der Waals surface area contributed by atoms with Crippen molar-refractivity contribution in [3.8, 4) is 0 Å². The van der Waals surface area contributed by atoms with Crippen molar-refractivity contribution >= 4 is 30.2 Å². The van der Waals surface area contributed by atoms with Gasteiger partial charge in [-0.25, -0.2) is 4.79 Å². The molecule has 0 spiro atoms. The summed E-state index contributed by atoms with van der Waals surface area (Å²) in [5.41, 5.74) is 1.92. The molecule has 1 heterocycles. The number of hydrogen-bond donors (Lipinski definition) is 2. The van der Waals surface area contributed by atoms with Gasteiger partial charge >= 0.3 is 5.97 Å². The lowest BCUT2D eigenvalue weighted by atomic mass is 10.0. The average Bonchev–Trinajstić information content (AvgIpc) is 2.35. The lowest BCUT2D eigenvalue weighted by Crippen LogP contribution is -2.36. The van der Waals surface area contributed by atoms with E-state index in [0.29, 0.717) is 6.54 Å². The van der Waals surface area contributed by atoms with E-state index in [2.05, 4.69) is 17.5 Å². The van der Waals surface area contributed by atoms with Crippen LogP contribution in [0.25, 0.3) is 0 Å². The Morgan fingerprint density at radius 2 is 2.26 bits per heavy atom. The van der Waals surface area contributed by atoms with Crippen LogP contribution in [0.2, 0.25) is 5.02 Å². The summed E-state index contributed by atoms with van der Waals surface area (Å²) in [6, 6.07) is 7.73. The van der Waals surface area contributed by atoms with E-state index in [1.165, 1.54) is 6.08 Å². The van der Waals surface area contributed by atoms with E-state index in [4.69, 9.17) is 16.7 Å². The first-order valence-corrected chi connectivity index (χ1v) is 7.03. The van der Waals surface area contributed by atoms with Gasteiger partial charge in [-0.3, -0.25) is 4.90 Å². The molecule has 1 fully saturated rings. The summed E-state index contributed by atoms with van der Waals surface area (Å²) in [4.78, 5) is 13.0. The minimum Gasteiger partial charge on any atom is -0.478 e. The van der Waals surface area contributed by atoms with Gasteiger partial charge in [-0.1, -0.05) is 29.8 Å². The van der Waals surface area contributed by atoms with Gasteiger partial charge in [0.2, 0.25) is 0 Å². The minimum absolute atomic E-state index is 0.0404. The molecule has 1 aromatic rings. The Hall–Kier alpha value is -0.970. The zero-order valence-electron chi connectivity index (χ0n) is 10.4. The SMILES string of the molecule is O=C(O)/C=C1\CN(Cc2ccccc2Cl)CCC1S. The lowest BCUT2D eigenvalue weighted by molar-refractivity contribution is -0.131. The molecule has 0 amide bonds. The van der Waals surface area contributed by atoms with Crippen molar-refractivity contribution in [1.82, 2.24) is 4.90 Å². The number of likely N-dealkylation sites (tertiary alicyclic amines) is 1. The van der Waals surface area contributed by atoms with Gasteiger partial charge in [0, 0.05) is 36.0 Å². The molecule has 0 radical (unpaired) electrons. The Morgan fingerprint density at radius 1 is 1.53 bits per heavy atom. The summed E-state index contributed by atoms with van der Waals surface area (Å²) in [5.74, 6) is -0.909. The fraction of sp³-hybridized carbons (Fsp3) is 0.357. The molecule has 5 heteroatoms. The van der Waals surface area contributed by atoms with Crippen molar-refractivity contribution in [3.05, 3.63) is 46.5 Å². The van der Waals surface area contributed by atoms with Gasteiger partial charge in [-0.15, -0.1) is 0 Å². The molecule has 0 aliphatic carbocycles. The number of carboxylic acids is 1. The number of hydrogen-bond acceptors (Lipinski definition) is 3. The van der Waals surface area contributed by atoms with Gasteiger partial charge in [0.05, 0.1) is 0 Å². The van der Waals surface area contributed by atoms with Crippen LogP contribution in [0.3, 0.4) is 0 Å². The Morgan fingerprint density at radius 3 is 2.95 bits per heavy atom. The third kappa shape index (κ3) is 4.00. The van der Waals surface area contributed by atoms with Crippen molar-refractivity contribution in [2.75, 3.05) is 13.1 Å². The standard InChI is InChI=1S/C14H16ClNO2S/c15-12-4-2-1-3-10(12)8-16-6-5-13(19)11(9-16)7-14(17)18/h1-4,7,13,19H,5-6,8-9H2,(H,17,18)/b11-7+. The maximum atomic E-state index is 10.8. The third-order valence-corrected chi connectivity index (χ3v) is 4.17. The number of benzene rings is 1. The van der Waals surface area contributed by atoms with Crippen LogP contribution < -0.4 is 0 Å². The molecule has 1 aliphatic rings. The van der Waals surface area contributed by atoms with E-state index < -0.39 is 5.97 Å². The molecule has 2 rings (SSSR count). The molecular weight excluding hydrogens is 282 g/mol. The zero-order valence-corrected chi connectivity index (χ0v) is 12.1. The first-order chi connectivity index (χ1) is 9.06. The summed E-state index contributed by atoms with van der Waals surface area (Å²) < 4.78 is 0. The van der Waals surface area contributed by atoms with Gasteiger partial charge in [-0.05, 0) is 23.6 Å². The summed E-state index contributed by atoms with van der Waals surface area (Å²) in [5, 5.41) is 9.64. The van der Waals surface area contributed by atoms with Crippen LogP contribution >= 0.6 is 24.2 Å². The molecule has 0 aromatic heterocycles. The molecule has 19 heavy (non-hydrogen) atoms. The van der Waals surface area contributed by atoms with Crippen molar-refractivity contribution in [3.63, 3.8) is 0 Å². The topological polar surface area (TPSA) is 40.5 Å². The highest BCUT2D eigenvalue weighted by molar-refractivity contribution is 7.81. The van der Waals surface area contributed by atoms with Crippen LogP contribution in [-0.2, 0) is 11.3 Å². The van der Waals surface area contributed by atoms with Crippen molar-refractivity contribution in [2.24, 2.45) is 0 Å². The number of rotatable bonds is 3. The van der Waals surface area contributed by atoms with Gasteiger partial charge in [0.1, 0.15) is 0 Å². The second kappa shape index (κ2) is 6.46. The lowest BCUT2D eigenvalue weighted by Gasteiger charge is -2.32. The number of piperidine rings is 1. The predicted molar refractivity (Wildman–Crippen MR) is 79.8 cm³/mol. The molecular formula is C14H16ClNO2S. The Labute approximate surface area is 123 Å². The van der Waals surface area contributed by atoms with Crippen LogP contribution in [0.5, 0.6) is 0 Å². The highest BCUT2D eigenvalue weighted by atomic mass is 35.5. The number of carbonyl (C=O) groups is 1. The van der Waals surface area contributed by atoms with Crippen LogP contribution in [0, 0.1) is 0 Å². The fourth-order valence-electron chi connectivity index (χ4n) is 2.24. The van der Waals surface area contributed by atoms with Gasteiger partial charge in [0.25, 0.3) is 0 Å². The van der Waals surface area contributed by atoms with Crippen LogP contribution in [-0.4, -0.2) is 34.3 Å². The van der Waals surface area contributed by atoms with Crippen molar-refractivity contribution in [2.45, 2.75) is 18.2 Å². The van der Waals surface area contributed by atoms with Crippen molar-refractivity contribution < 1.29 is 9.90 Å². The molecule has 1 atom stereocenters.